The molecule has 0 bridgehead atoms. The molecule has 3 nitrogen and oxygen atoms in total. The molecule has 10 heavy (non-hydrogen) atoms. The van der Waals surface area contributed by atoms with Crippen molar-refractivity contribution in [2.24, 2.45) is 0 Å². The molecule has 0 unspecified atom stereocenters. The van der Waals surface area contributed by atoms with E-state index in [1.165, 1.54) is 0 Å². The number of hydrogen-bond donors (Lipinski definition) is 1. The van der Waals surface area contributed by atoms with E-state index in [0.717, 1.165) is 12.8 Å². The van der Waals surface area contributed by atoms with E-state index >= 15 is 0 Å². The third kappa shape index (κ3) is 12.6. The molecule has 0 saturated heterocycles. The van der Waals surface area contributed by atoms with Crippen molar-refractivity contribution in [3.8, 4) is 0 Å². The summed E-state index contributed by atoms with van der Waals surface area (Å²) in [5.74, 6) is 0.481. The molecule has 0 amide bonds. The first-order valence-corrected chi connectivity index (χ1v) is 5.62. The molecule has 58 valence electrons. The molecule has 0 aromatic carbocycles. The summed E-state index contributed by atoms with van der Waals surface area (Å²) in [5, 5.41) is 0. The van der Waals surface area contributed by atoms with E-state index in [9.17, 15) is 8.42 Å². The third-order valence-corrected chi connectivity index (χ3v) is 2.88. The normalized spacial score (nSPS) is 10.6. The molecule has 0 rings (SSSR count). The molecule has 0 spiro atoms. The Hall–Kier alpha value is 1.90. The Balaban J connectivity index is 0. The second-order valence-electron chi connectivity index (χ2n) is 1.60. The summed E-state index contributed by atoms with van der Waals surface area (Å²) in [5.41, 5.74) is 0. The molecular weight excluding hydrogens is 199 g/mol. The van der Waals surface area contributed by atoms with Gasteiger partial charge in [-0.15, -0.1) is 0 Å². The van der Waals surface area contributed by atoms with E-state index in [1.807, 2.05) is 6.92 Å². The summed E-state index contributed by atoms with van der Waals surface area (Å²) in [6, 6.07) is 0. The monoisotopic (exact) mass is 210 g/mol. The third-order valence-electron chi connectivity index (χ3n) is 0.730. The van der Waals surface area contributed by atoms with Crippen molar-refractivity contribution < 1.29 is 13.0 Å². The van der Waals surface area contributed by atoms with Crippen molar-refractivity contribution >= 4 is 71.3 Å². The van der Waals surface area contributed by atoms with Crippen molar-refractivity contribution in [1.29, 1.82) is 0 Å². The van der Waals surface area contributed by atoms with E-state index in [-0.39, 0.29) is 51.4 Å². The SMILES string of the molecule is CCCCSS(=O)(=O)O.[KH]. The molecule has 0 saturated carbocycles. The van der Waals surface area contributed by atoms with Crippen molar-refractivity contribution in [1.82, 2.24) is 0 Å². The van der Waals surface area contributed by atoms with Crippen LogP contribution in [-0.2, 0) is 9.15 Å². The molecule has 0 heterocycles. The van der Waals surface area contributed by atoms with Gasteiger partial charge in [0.25, 0.3) is 0 Å². The molecule has 0 aliphatic heterocycles. The Morgan fingerprint density at radius 1 is 1.50 bits per heavy atom. The fourth-order valence-electron chi connectivity index (χ4n) is 0.309. The minimum atomic E-state index is -3.78. The summed E-state index contributed by atoms with van der Waals surface area (Å²) < 4.78 is 28.2. The van der Waals surface area contributed by atoms with Crippen LogP contribution in [-0.4, -0.2) is 70.1 Å². The second kappa shape index (κ2) is 7.54. The predicted octanol–water partition coefficient (Wildman–Crippen LogP) is 0.674. The van der Waals surface area contributed by atoms with Crippen LogP contribution in [0.15, 0.2) is 0 Å². The number of unbranched alkanes of at least 4 members (excludes halogenated alkanes) is 1. The number of rotatable bonds is 4. The van der Waals surface area contributed by atoms with Crippen LogP contribution in [0.25, 0.3) is 0 Å². The average Bonchev–Trinajstić information content (AvgIpc) is 1.63. The van der Waals surface area contributed by atoms with Crippen LogP contribution in [0.2, 0.25) is 0 Å². The van der Waals surface area contributed by atoms with Crippen molar-refractivity contribution in [2.45, 2.75) is 19.8 Å². The van der Waals surface area contributed by atoms with Crippen molar-refractivity contribution in [3.63, 3.8) is 0 Å². The van der Waals surface area contributed by atoms with Crippen LogP contribution in [0.3, 0.4) is 0 Å². The first kappa shape index (κ1) is 14.4. The predicted molar refractivity (Wildman–Crippen MR) is 46.1 cm³/mol. The fourth-order valence-corrected chi connectivity index (χ4v) is 1.91. The molecule has 0 radical (unpaired) electrons. The standard InChI is InChI=1S/C4H10O3S2.K.H/c1-2-3-4-8-9(5,6)7;;/h2-4H2,1H3,(H,5,6,7);;. The van der Waals surface area contributed by atoms with Gasteiger partial charge in [-0.1, -0.05) is 13.3 Å². The Morgan fingerprint density at radius 3 is 2.30 bits per heavy atom. The van der Waals surface area contributed by atoms with Crippen molar-refractivity contribution in [2.75, 3.05) is 5.75 Å². The van der Waals surface area contributed by atoms with Crippen LogP contribution in [0.4, 0.5) is 0 Å². The van der Waals surface area contributed by atoms with Gasteiger partial charge in [0, 0.05) is 5.75 Å². The summed E-state index contributed by atoms with van der Waals surface area (Å²) in [7, 11) is -3.19. The molecule has 1 N–H and O–H groups in total. The van der Waals surface area contributed by atoms with Crippen LogP contribution >= 0.6 is 10.8 Å². The van der Waals surface area contributed by atoms with Gasteiger partial charge in [0.15, 0.2) is 0 Å². The van der Waals surface area contributed by atoms with Gasteiger partial charge in [-0.05, 0) is 17.2 Å². The Labute approximate surface area is 108 Å². The van der Waals surface area contributed by atoms with Gasteiger partial charge < -0.3 is 0 Å². The van der Waals surface area contributed by atoms with E-state index < -0.39 is 9.15 Å². The summed E-state index contributed by atoms with van der Waals surface area (Å²) >= 11 is 0. The molecule has 6 heteroatoms. The van der Waals surface area contributed by atoms with Crippen LogP contribution in [0, 0.1) is 0 Å². The van der Waals surface area contributed by atoms with Gasteiger partial charge in [0.05, 0.1) is 0 Å². The fraction of sp³-hybridized carbons (Fsp3) is 1.00. The maximum absolute atomic E-state index is 10.0. The molecule has 0 atom stereocenters. The van der Waals surface area contributed by atoms with Crippen LogP contribution < -0.4 is 0 Å². The van der Waals surface area contributed by atoms with Crippen LogP contribution in [0.5, 0.6) is 0 Å². The van der Waals surface area contributed by atoms with E-state index in [4.69, 9.17) is 4.55 Å². The van der Waals surface area contributed by atoms with Crippen LogP contribution in [0.1, 0.15) is 19.8 Å². The molecule has 0 aromatic heterocycles. The summed E-state index contributed by atoms with van der Waals surface area (Å²) in [6.07, 6.45) is 1.77. The zero-order chi connectivity index (χ0) is 7.33. The molecular formula is C4H11KO3S2. The molecule has 0 aromatic rings. The molecule has 0 aliphatic rings. The first-order valence-electron chi connectivity index (χ1n) is 2.68. The van der Waals surface area contributed by atoms with E-state index in [1.54, 1.807) is 0 Å². The van der Waals surface area contributed by atoms with Gasteiger partial charge in [-0.2, -0.15) is 8.42 Å². The summed E-state index contributed by atoms with van der Waals surface area (Å²) in [6.45, 7) is 1.96. The average molecular weight is 210 g/mol. The zero-order valence-electron chi connectivity index (χ0n) is 5.20. The van der Waals surface area contributed by atoms with Gasteiger partial charge in [-0.25, -0.2) is 0 Å². The van der Waals surface area contributed by atoms with Gasteiger partial charge in [0.1, 0.15) is 0 Å². The Kier molecular flexibility index (Phi) is 10.9. The van der Waals surface area contributed by atoms with E-state index in [0.29, 0.717) is 16.5 Å². The maximum atomic E-state index is 10.0. The second-order valence-corrected chi connectivity index (χ2v) is 5.07. The van der Waals surface area contributed by atoms with E-state index in [2.05, 4.69) is 0 Å². The zero-order valence-corrected chi connectivity index (χ0v) is 6.83. The minimum absolute atomic E-state index is 0. The Bertz CT molecular complexity index is 154. The molecule has 0 aliphatic carbocycles. The van der Waals surface area contributed by atoms with Gasteiger partial charge in [0.2, 0.25) is 0 Å². The van der Waals surface area contributed by atoms with Gasteiger partial charge >= 0.3 is 60.5 Å². The van der Waals surface area contributed by atoms with Crippen molar-refractivity contribution in [3.05, 3.63) is 0 Å². The first-order chi connectivity index (χ1) is 4.06. The molecule has 0 fully saturated rings. The van der Waals surface area contributed by atoms with Gasteiger partial charge in [-0.3, -0.25) is 4.55 Å². The quantitative estimate of drug-likeness (QED) is 0.321. The topological polar surface area (TPSA) is 54.4 Å². The number of hydrogen-bond acceptors (Lipinski definition) is 3. The summed E-state index contributed by atoms with van der Waals surface area (Å²) in [4.78, 5) is 0. The Morgan fingerprint density at radius 2 is 2.00 bits per heavy atom.